The molecule has 1 aliphatic carbocycles. The Balaban J connectivity index is 2.02. The predicted molar refractivity (Wildman–Crippen MR) is 88.3 cm³/mol. The average Bonchev–Trinajstić information content (AvgIpc) is 2.55. The van der Waals surface area contributed by atoms with Gasteiger partial charge in [-0.2, -0.15) is 0 Å². The molecule has 1 aromatic carbocycles. The van der Waals surface area contributed by atoms with E-state index in [1.165, 1.54) is 6.42 Å². The normalized spacial score (nSPS) is 26.3. The molecule has 2 atom stereocenters. The Morgan fingerprint density at radius 3 is 2.48 bits per heavy atom. The van der Waals surface area contributed by atoms with Gasteiger partial charge in [0.1, 0.15) is 0 Å². The van der Waals surface area contributed by atoms with Crippen LogP contribution >= 0.6 is 11.6 Å². The minimum atomic E-state index is -0.844. The largest absolute Gasteiger partial charge is 0.481 e. The lowest BCUT2D eigenvalue weighted by molar-refractivity contribution is -0.154. The molecule has 1 heterocycles. The van der Waals surface area contributed by atoms with Gasteiger partial charge >= 0.3 is 5.97 Å². The molecule has 0 bridgehead atoms. The van der Waals surface area contributed by atoms with Crippen molar-refractivity contribution in [1.82, 2.24) is 4.90 Å². The zero-order valence-corrected chi connectivity index (χ0v) is 13.8. The SMILES string of the molecule is O=C(O)[C@@H]1CCC(=O)N(C2CCCCC2)[C@@H]1c1ccccc1Cl. The third-order valence-electron chi connectivity index (χ3n) is 5.15. The van der Waals surface area contributed by atoms with Crippen molar-refractivity contribution in [2.75, 3.05) is 0 Å². The number of hydrogen-bond acceptors (Lipinski definition) is 2. The molecule has 0 spiro atoms. The second-order valence-corrected chi connectivity index (χ2v) is 6.95. The van der Waals surface area contributed by atoms with Crippen molar-refractivity contribution in [1.29, 1.82) is 0 Å². The van der Waals surface area contributed by atoms with Gasteiger partial charge in [-0.3, -0.25) is 9.59 Å². The van der Waals surface area contributed by atoms with E-state index in [0.29, 0.717) is 17.9 Å². The molecule has 2 fully saturated rings. The van der Waals surface area contributed by atoms with Crippen molar-refractivity contribution in [3.63, 3.8) is 0 Å². The number of amides is 1. The molecule has 1 aliphatic heterocycles. The zero-order chi connectivity index (χ0) is 16.4. The van der Waals surface area contributed by atoms with Crippen molar-refractivity contribution < 1.29 is 14.7 Å². The van der Waals surface area contributed by atoms with Crippen LogP contribution in [0.4, 0.5) is 0 Å². The molecule has 5 heteroatoms. The number of carbonyl (C=O) groups is 2. The number of carboxylic acids is 1. The van der Waals surface area contributed by atoms with E-state index in [-0.39, 0.29) is 11.9 Å². The van der Waals surface area contributed by atoms with Crippen LogP contribution in [0, 0.1) is 5.92 Å². The van der Waals surface area contributed by atoms with E-state index in [2.05, 4.69) is 0 Å². The third kappa shape index (κ3) is 3.23. The minimum absolute atomic E-state index is 0.0688. The molecule has 23 heavy (non-hydrogen) atoms. The molecule has 1 saturated heterocycles. The van der Waals surface area contributed by atoms with Crippen molar-refractivity contribution in [3.8, 4) is 0 Å². The Kier molecular flexibility index (Phi) is 4.90. The fourth-order valence-electron chi connectivity index (χ4n) is 4.04. The van der Waals surface area contributed by atoms with E-state index in [1.807, 2.05) is 23.1 Å². The molecule has 0 radical (unpaired) electrons. The van der Waals surface area contributed by atoms with Crippen LogP contribution in [0.2, 0.25) is 5.02 Å². The molecule has 1 aromatic rings. The minimum Gasteiger partial charge on any atom is -0.481 e. The number of nitrogens with zero attached hydrogens (tertiary/aromatic N) is 1. The molecule has 3 rings (SSSR count). The summed E-state index contributed by atoms with van der Waals surface area (Å²) in [5.41, 5.74) is 0.764. The summed E-state index contributed by atoms with van der Waals surface area (Å²) in [5.74, 6) is -1.36. The number of piperidine rings is 1. The van der Waals surface area contributed by atoms with Crippen molar-refractivity contribution in [2.45, 2.75) is 57.0 Å². The monoisotopic (exact) mass is 335 g/mol. The first-order chi connectivity index (χ1) is 11.1. The van der Waals surface area contributed by atoms with Gasteiger partial charge in [0, 0.05) is 17.5 Å². The van der Waals surface area contributed by atoms with Crippen molar-refractivity contribution in [3.05, 3.63) is 34.9 Å². The Bertz CT molecular complexity index is 598. The summed E-state index contributed by atoms with van der Waals surface area (Å²) in [6.07, 6.45) is 6.00. The molecular weight excluding hydrogens is 314 g/mol. The number of carboxylic acid groups (broad SMARTS) is 1. The first kappa shape index (κ1) is 16.3. The molecular formula is C18H22ClNO3. The van der Waals surface area contributed by atoms with Crippen LogP contribution < -0.4 is 0 Å². The van der Waals surface area contributed by atoms with Crippen LogP contribution in [-0.4, -0.2) is 27.9 Å². The number of carbonyl (C=O) groups excluding carboxylic acids is 1. The number of likely N-dealkylation sites (tertiary alicyclic amines) is 1. The Labute approximate surface area is 141 Å². The lowest BCUT2D eigenvalue weighted by Crippen LogP contribution is -2.50. The summed E-state index contributed by atoms with van der Waals surface area (Å²) >= 11 is 6.35. The van der Waals surface area contributed by atoms with E-state index in [9.17, 15) is 14.7 Å². The van der Waals surface area contributed by atoms with E-state index in [4.69, 9.17) is 11.6 Å². The van der Waals surface area contributed by atoms with Gasteiger partial charge in [-0.15, -0.1) is 0 Å². The number of benzene rings is 1. The Hall–Kier alpha value is -1.55. The summed E-state index contributed by atoms with van der Waals surface area (Å²) in [5, 5.41) is 10.2. The maximum Gasteiger partial charge on any atom is 0.308 e. The van der Waals surface area contributed by atoms with Gasteiger partial charge in [0.05, 0.1) is 12.0 Å². The average molecular weight is 336 g/mol. The fourth-order valence-corrected chi connectivity index (χ4v) is 4.29. The van der Waals surface area contributed by atoms with Crippen LogP contribution in [0.15, 0.2) is 24.3 Å². The van der Waals surface area contributed by atoms with Gasteiger partial charge in [0.15, 0.2) is 0 Å². The highest BCUT2D eigenvalue weighted by molar-refractivity contribution is 6.31. The van der Waals surface area contributed by atoms with Crippen LogP contribution in [-0.2, 0) is 9.59 Å². The topological polar surface area (TPSA) is 57.6 Å². The molecule has 0 unspecified atom stereocenters. The maximum atomic E-state index is 12.6. The molecule has 2 aliphatic rings. The summed E-state index contributed by atoms with van der Waals surface area (Å²) in [7, 11) is 0. The van der Waals surface area contributed by atoms with E-state index < -0.39 is 17.9 Å². The van der Waals surface area contributed by atoms with E-state index in [0.717, 1.165) is 31.2 Å². The summed E-state index contributed by atoms with van der Waals surface area (Å²) in [6.45, 7) is 0. The van der Waals surface area contributed by atoms with Crippen LogP contribution in [0.5, 0.6) is 0 Å². The molecule has 0 aromatic heterocycles. The van der Waals surface area contributed by atoms with Gasteiger partial charge in [0.2, 0.25) is 5.91 Å². The highest BCUT2D eigenvalue weighted by Crippen LogP contribution is 2.43. The lowest BCUT2D eigenvalue weighted by Gasteiger charge is -2.45. The van der Waals surface area contributed by atoms with Crippen LogP contribution in [0.1, 0.15) is 56.6 Å². The molecule has 1 N–H and O–H groups in total. The zero-order valence-electron chi connectivity index (χ0n) is 13.1. The Morgan fingerprint density at radius 1 is 1.13 bits per heavy atom. The van der Waals surface area contributed by atoms with Gasteiger partial charge in [-0.25, -0.2) is 0 Å². The highest BCUT2D eigenvalue weighted by Gasteiger charge is 2.44. The number of aliphatic carboxylic acids is 1. The first-order valence-electron chi connectivity index (χ1n) is 8.38. The quantitative estimate of drug-likeness (QED) is 0.907. The number of hydrogen-bond donors (Lipinski definition) is 1. The van der Waals surface area contributed by atoms with Crippen LogP contribution in [0.3, 0.4) is 0 Å². The molecule has 124 valence electrons. The summed E-state index contributed by atoms with van der Waals surface area (Å²) in [4.78, 5) is 26.3. The first-order valence-corrected chi connectivity index (χ1v) is 8.76. The predicted octanol–water partition coefficient (Wildman–Crippen LogP) is 4.04. The van der Waals surface area contributed by atoms with Crippen molar-refractivity contribution in [2.24, 2.45) is 5.92 Å². The molecule has 4 nitrogen and oxygen atoms in total. The standard InChI is InChI=1S/C18H22ClNO3/c19-15-9-5-4-8-13(15)17-14(18(22)23)10-11-16(21)20(17)12-6-2-1-3-7-12/h4-5,8-9,12,14,17H,1-3,6-7,10-11H2,(H,22,23)/t14-,17-/m1/s1. The smallest absolute Gasteiger partial charge is 0.308 e. The second kappa shape index (κ2) is 6.91. The number of rotatable bonds is 3. The van der Waals surface area contributed by atoms with Gasteiger partial charge in [-0.1, -0.05) is 49.1 Å². The second-order valence-electron chi connectivity index (χ2n) is 6.54. The van der Waals surface area contributed by atoms with Crippen molar-refractivity contribution >= 4 is 23.5 Å². The van der Waals surface area contributed by atoms with Crippen LogP contribution in [0.25, 0.3) is 0 Å². The molecule has 1 amide bonds. The maximum absolute atomic E-state index is 12.6. The molecule has 1 saturated carbocycles. The van der Waals surface area contributed by atoms with Gasteiger partial charge in [-0.05, 0) is 30.9 Å². The summed E-state index contributed by atoms with van der Waals surface area (Å²) in [6, 6.07) is 7.01. The number of halogens is 1. The third-order valence-corrected chi connectivity index (χ3v) is 5.49. The Morgan fingerprint density at radius 2 is 1.83 bits per heavy atom. The van der Waals surface area contributed by atoms with E-state index >= 15 is 0 Å². The van der Waals surface area contributed by atoms with Gasteiger partial charge in [0.25, 0.3) is 0 Å². The van der Waals surface area contributed by atoms with E-state index in [1.54, 1.807) is 6.07 Å². The highest BCUT2D eigenvalue weighted by atomic mass is 35.5. The van der Waals surface area contributed by atoms with Gasteiger partial charge < -0.3 is 10.0 Å². The summed E-state index contributed by atoms with van der Waals surface area (Å²) < 4.78 is 0. The lowest BCUT2D eigenvalue weighted by atomic mass is 9.81. The fraction of sp³-hybridized carbons (Fsp3) is 0.556.